The summed E-state index contributed by atoms with van der Waals surface area (Å²) in [5.74, 6) is -2.04. The highest BCUT2D eigenvalue weighted by atomic mass is 32.2. The van der Waals surface area contributed by atoms with Gasteiger partial charge in [-0.1, -0.05) is 0 Å². The Morgan fingerprint density at radius 2 is 1.94 bits per heavy atom. The molecule has 3 N–H and O–H groups in total. The maximum absolute atomic E-state index is 12.7. The molecule has 0 aliphatic carbocycles. The molecule has 0 spiro atoms. The summed E-state index contributed by atoms with van der Waals surface area (Å²) < 4.78 is 31.3. The largest absolute Gasteiger partial charge is 0.481 e. The van der Waals surface area contributed by atoms with Crippen LogP contribution in [0, 0.1) is 6.92 Å². The number of aromatic amines is 1. The third-order valence-electron chi connectivity index (χ3n) is 5.32. The summed E-state index contributed by atoms with van der Waals surface area (Å²) in [6.45, 7) is 3.51. The van der Waals surface area contributed by atoms with Crippen LogP contribution in [0.3, 0.4) is 0 Å². The number of fused-ring (bicyclic) bond motifs is 1. The molecule has 10 nitrogen and oxygen atoms in total. The Morgan fingerprint density at radius 1 is 1.24 bits per heavy atom. The molecule has 0 atom stereocenters. The van der Waals surface area contributed by atoms with E-state index in [2.05, 4.69) is 10.3 Å². The lowest BCUT2D eigenvalue weighted by Crippen LogP contribution is -2.22. The summed E-state index contributed by atoms with van der Waals surface area (Å²) in [5.41, 5.74) is 2.67. The number of benzene rings is 1. The molecule has 176 valence electrons. The van der Waals surface area contributed by atoms with Crippen molar-refractivity contribution in [2.75, 3.05) is 26.0 Å². The van der Waals surface area contributed by atoms with E-state index in [9.17, 15) is 22.8 Å². The van der Waals surface area contributed by atoms with Crippen LogP contribution in [-0.2, 0) is 30.8 Å². The highest BCUT2D eigenvalue weighted by Gasteiger charge is 2.29. The van der Waals surface area contributed by atoms with E-state index in [0.717, 1.165) is 4.31 Å². The van der Waals surface area contributed by atoms with Crippen LogP contribution in [0.25, 0.3) is 11.6 Å². The molecule has 1 amide bonds. The Bertz CT molecular complexity index is 1270. The summed E-state index contributed by atoms with van der Waals surface area (Å²) in [6.07, 6.45) is 1.45. The topological polar surface area (TPSA) is 146 Å². The molecular weight excluding hydrogens is 450 g/mol. The van der Waals surface area contributed by atoms with Crippen LogP contribution in [0.1, 0.15) is 46.2 Å². The lowest BCUT2D eigenvalue weighted by Gasteiger charge is -2.12. The molecule has 2 aromatic rings. The third kappa shape index (κ3) is 4.69. The number of carbonyl (C=O) groups excluding carboxylic acids is 2. The highest BCUT2D eigenvalue weighted by Crippen LogP contribution is 2.36. The number of nitrogens with zero attached hydrogens (tertiary/aromatic N) is 1. The first kappa shape index (κ1) is 24.2. The Labute approximate surface area is 191 Å². The lowest BCUT2D eigenvalue weighted by atomic mass is 10.0. The highest BCUT2D eigenvalue weighted by molar-refractivity contribution is 7.89. The minimum absolute atomic E-state index is 0.0228. The molecule has 0 bridgehead atoms. The molecule has 1 aliphatic rings. The number of H-pyrrole nitrogens is 1. The van der Waals surface area contributed by atoms with Crippen molar-refractivity contribution < 1.29 is 32.6 Å². The van der Waals surface area contributed by atoms with Crippen molar-refractivity contribution in [2.45, 2.75) is 31.6 Å². The second-order valence-corrected chi connectivity index (χ2v) is 9.79. The quantitative estimate of drug-likeness (QED) is 0.392. The lowest BCUT2D eigenvalue weighted by molar-refractivity contribution is -0.137. The minimum atomic E-state index is -3.73. The van der Waals surface area contributed by atoms with E-state index >= 15 is 0 Å². The zero-order valence-electron chi connectivity index (χ0n) is 18.7. The summed E-state index contributed by atoms with van der Waals surface area (Å²) in [5, 5.41) is 11.8. The second kappa shape index (κ2) is 9.20. The number of aromatic nitrogens is 1. The van der Waals surface area contributed by atoms with Crippen LogP contribution in [-0.4, -0.2) is 61.4 Å². The normalized spacial score (nSPS) is 14.5. The van der Waals surface area contributed by atoms with Gasteiger partial charge in [0, 0.05) is 37.5 Å². The molecule has 0 unspecified atom stereocenters. The Morgan fingerprint density at radius 3 is 2.55 bits per heavy atom. The van der Waals surface area contributed by atoms with Gasteiger partial charge in [0.05, 0.1) is 17.1 Å². The predicted octanol–water partition coefficient (Wildman–Crippen LogP) is 2.26. The number of ether oxygens (including phenoxy) is 1. The van der Waals surface area contributed by atoms with Crippen LogP contribution >= 0.6 is 0 Å². The van der Waals surface area contributed by atoms with E-state index in [4.69, 9.17) is 9.84 Å². The number of amides is 1. The molecule has 3 rings (SSSR count). The van der Waals surface area contributed by atoms with Crippen molar-refractivity contribution in [1.29, 1.82) is 0 Å². The van der Waals surface area contributed by atoms with Gasteiger partial charge in [-0.15, -0.1) is 0 Å². The molecule has 33 heavy (non-hydrogen) atoms. The van der Waals surface area contributed by atoms with E-state index in [1.165, 1.54) is 38.4 Å². The average Bonchev–Trinajstić information content (AvgIpc) is 3.22. The molecule has 0 saturated heterocycles. The molecule has 0 radical (unpaired) electrons. The fourth-order valence-electron chi connectivity index (χ4n) is 3.57. The molecule has 2 heterocycles. The summed E-state index contributed by atoms with van der Waals surface area (Å²) >= 11 is 0. The number of hydrogen-bond donors (Lipinski definition) is 3. The first-order chi connectivity index (χ1) is 15.5. The number of rotatable bonds is 8. The molecule has 1 aromatic heterocycles. The Kier molecular flexibility index (Phi) is 6.75. The standard InChI is InChI=1S/C22H25N3O7S/c1-5-32-22(29)20-12(2)14(7-9-19(26)27)18(23-20)11-16-15-10-13(33(30,31)25(3)4)6-8-17(15)24-21(16)28/h6,8,10-11,23H,5,7,9H2,1-4H3,(H,24,28)(H,26,27)/b16-11-. The van der Waals surface area contributed by atoms with E-state index in [1.807, 2.05) is 0 Å². The number of nitrogens with one attached hydrogen (secondary N) is 2. The second-order valence-electron chi connectivity index (χ2n) is 7.64. The summed E-state index contributed by atoms with van der Waals surface area (Å²) in [6, 6.07) is 4.33. The molecular formula is C22H25N3O7S. The van der Waals surface area contributed by atoms with Crippen molar-refractivity contribution in [2.24, 2.45) is 0 Å². The van der Waals surface area contributed by atoms with Gasteiger partial charge in [-0.25, -0.2) is 17.5 Å². The maximum Gasteiger partial charge on any atom is 0.355 e. The van der Waals surface area contributed by atoms with Gasteiger partial charge in [0.25, 0.3) is 5.91 Å². The van der Waals surface area contributed by atoms with Crippen LogP contribution in [0.4, 0.5) is 5.69 Å². The summed E-state index contributed by atoms with van der Waals surface area (Å²) in [7, 11) is -0.900. The fourth-order valence-corrected chi connectivity index (χ4v) is 4.50. The number of hydrogen-bond acceptors (Lipinski definition) is 6. The first-order valence-corrected chi connectivity index (χ1v) is 11.6. The van der Waals surface area contributed by atoms with Crippen LogP contribution in [0.15, 0.2) is 23.1 Å². The third-order valence-corrected chi connectivity index (χ3v) is 7.13. The zero-order valence-corrected chi connectivity index (χ0v) is 19.5. The maximum atomic E-state index is 12.7. The van der Waals surface area contributed by atoms with E-state index < -0.39 is 27.9 Å². The molecule has 11 heteroatoms. The predicted molar refractivity (Wildman–Crippen MR) is 121 cm³/mol. The fraction of sp³-hybridized carbons (Fsp3) is 0.318. The average molecular weight is 476 g/mol. The minimum Gasteiger partial charge on any atom is -0.481 e. The smallest absolute Gasteiger partial charge is 0.355 e. The number of anilines is 1. The van der Waals surface area contributed by atoms with Crippen molar-refractivity contribution >= 4 is 45.2 Å². The zero-order chi connectivity index (χ0) is 24.5. The van der Waals surface area contributed by atoms with Crippen molar-refractivity contribution in [3.63, 3.8) is 0 Å². The van der Waals surface area contributed by atoms with Gasteiger partial charge in [-0.3, -0.25) is 9.59 Å². The number of aliphatic carboxylic acids is 1. The van der Waals surface area contributed by atoms with Gasteiger partial charge < -0.3 is 20.1 Å². The van der Waals surface area contributed by atoms with Gasteiger partial charge in [-0.05, 0) is 55.7 Å². The van der Waals surface area contributed by atoms with Crippen molar-refractivity contribution in [3.8, 4) is 0 Å². The van der Waals surface area contributed by atoms with Gasteiger partial charge in [0.1, 0.15) is 5.69 Å². The van der Waals surface area contributed by atoms with Crippen LogP contribution in [0.2, 0.25) is 0 Å². The van der Waals surface area contributed by atoms with E-state index in [-0.39, 0.29) is 35.6 Å². The van der Waals surface area contributed by atoms with E-state index in [0.29, 0.717) is 28.1 Å². The van der Waals surface area contributed by atoms with Gasteiger partial charge in [0.15, 0.2) is 0 Å². The molecule has 1 aromatic carbocycles. The van der Waals surface area contributed by atoms with Gasteiger partial charge >= 0.3 is 11.9 Å². The van der Waals surface area contributed by atoms with Crippen molar-refractivity contribution in [3.05, 3.63) is 46.3 Å². The SMILES string of the molecule is CCOC(=O)c1[nH]c(/C=C2\C(=O)Nc3ccc(S(=O)(=O)N(C)C)cc32)c(CCC(=O)O)c1C. The molecule has 0 saturated carbocycles. The molecule has 1 aliphatic heterocycles. The number of esters is 1. The summed E-state index contributed by atoms with van der Waals surface area (Å²) in [4.78, 5) is 39.2. The first-order valence-electron chi connectivity index (χ1n) is 10.2. The van der Waals surface area contributed by atoms with E-state index in [1.54, 1.807) is 13.8 Å². The Balaban J connectivity index is 2.15. The number of sulfonamides is 1. The number of carbonyl (C=O) groups is 3. The number of carboxylic acid groups (broad SMARTS) is 1. The number of carboxylic acids is 1. The van der Waals surface area contributed by atoms with Crippen molar-refractivity contribution in [1.82, 2.24) is 9.29 Å². The van der Waals surface area contributed by atoms with Crippen LogP contribution < -0.4 is 5.32 Å². The monoisotopic (exact) mass is 475 g/mol. The van der Waals surface area contributed by atoms with Crippen LogP contribution in [0.5, 0.6) is 0 Å². The Hall–Kier alpha value is -3.44. The molecule has 0 fully saturated rings. The van der Waals surface area contributed by atoms with Gasteiger partial charge in [0.2, 0.25) is 10.0 Å². The van der Waals surface area contributed by atoms with Gasteiger partial charge in [-0.2, -0.15) is 0 Å².